The molecule has 0 aliphatic rings. The highest BCUT2D eigenvalue weighted by molar-refractivity contribution is 5.82. The third kappa shape index (κ3) is 3.40. The van der Waals surface area contributed by atoms with Crippen LogP contribution >= 0.6 is 0 Å². The van der Waals surface area contributed by atoms with Crippen molar-refractivity contribution >= 4 is 11.0 Å². The summed E-state index contributed by atoms with van der Waals surface area (Å²) in [6.07, 6.45) is -1.80. The number of nitrogens with zero attached hydrogens (tertiary/aromatic N) is 3. The zero-order valence-corrected chi connectivity index (χ0v) is 13.5. The van der Waals surface area contributed by atoms with Crippen LogP contribution in [-0.2, 0) is 12.7 Å². The second-order valence-corrected chi connectivity index (χ2v) is 5.71. The summed E-state index contributed by atoms with van der Waals surface area (Å²) in [6.45, 7) is 2.42. The van der Waals surface area contributed by atoms with Crippen LogP contribution in [0, 0.1) is 0 Å². The summed E-state index contributed by atoms with van der Waals surface area (Å²) in [4.78, 5) is 20.0. The van der Waals surface area contributed by atoms with E-state index in [1.807, 2.05) is 6.92 Å². The molecule has 0 aliphatic carbocycles. The van der Waals surface area contributed by atoms with Crippen LogP contribution in [0.4, 0.5) is 13.2 Å². The molecular formula is C18H16F3N3O. The van der Waals surface area contributed by atoms with Gasteiger partial charge in [-0.15, -0.1) is 0 Å². The second-order valence-electron chi connectivity index (χ2n) is 5.71. The number of aryl methyl sites for hydroxylation is 1. The zero-order valence-electron chi connectivity index (χ0n) is 13.5. The number of benzene rings is 1. The average molecular weight is 347 g/mol. The molecule has 0 spiro atoms. The molecule has 2 aromatic heterocycles. The van der Waals surface area contributed by atoms with Gasteiger partial charge in [-0.25, -0.2) is 4.98 Å². The third-order valence-electron chi connectivity index (χ3n) is 3.93. The first-order chi connectivity index (χ1) is 11.9. The minimum absolute atomic E-state index is 0.0159. The van der Waals surface area contributed by atoms with Gasteiger partial charge in [0.15, 0.2) is 0 Å². The van der Waals surface area contributed by atoms with Gasteiger partial charge in [0.25, 0.3) is 5.56 Å². The van der Waals surface area contributed by atoms with Crippen LogP contribution in [0.2, 0.25) is 0 Å². The SMILES string of the molecule is CCCCn1cnc(=O)c2c(C(F)(F)F)cc(-c3ccccc3)nc21. The normalized spacial score (nSPS) is 11.8. The zero-order chi connectivity index (χ0) is 18.0. The Hall–Kier alpha value is -2.70. The highest BCUT2D eigenvalue weighted by Crippen LogP contribution is 2.35. The molecule has 0 amide bonds. The molecule has 0 radical (unpaired) electrons. The first-order valence-electron chi connectivity index (χ1n) is 7.94. The van der Waals surface area contributed by atoms with Crippen molar-refractivity contribution in [2.75, 3.05) is 0 Å². The van der Waals surface area contributed by atoms with Crippen molar-refractivity contribution in [3.05, 3.63) is 58.6 Å². The van der Waals surface area contributed by atoms with E-state index in [1.54, 1.807) is 30.3 Å². The van der Waals surface area contributed by atoms with Crippen LogP contribution in [0.15, 0.2) is 47.5 Å². The van der Waals surface area contributed by atoms with Gasteiger partial charge in [-0.3, -0.25) is 4.79 Å². The van der Waals surface area contributed by atoms with E-state index >= 15 is 0 Å². The Bertz CT molecular complexity index is 949. The van der Waals surface area contributed by atoms with E-state index in [1.165, 1.54) is 10.9 Å². The molecule has 0 bridgehead atoms. The minimum atomic E-state index is -4.67. The first-order valence-corrected chi connectivity index (χ1v) is 7.94. The van der Waals surface area contributed by atoms with Gasteiger partial charge in [-0.05, 0) is 12.5 Å². The molecule has 2 heterocycles. The summed E-state index contributed by atoms with van der Waals surface area (Å²) in [5.74, 6) is 0. The highest BCUT2D eigenvalue weighted by atomic mass is 19.4. The average Bonchev–Trinajstić information content (AvgIpc) is 2.60. The largest absolute Gasteiger partial charge is 0.417 e. The molecule has 3 rings (SSSR count). The molecule has 0 unspecified atom stereocenters. The number of pyridine rings is 1. The molecule has 0 saturated heterocycles. The lowest BCUT2D eigenvalue weighted by Gasteiger charge is -2.15. The van der Waals surface area contributed by atoms with E-state index < -0.39 is 22.7 Å². The van der Waals surface area contributed by atoms with Crippen molar-refractivity contribution in [3.8, 4) is 11.3 Å². The minimum Gasteiger partial charge on any atom is -0.316 e. The molecule has 0 N–H and O–H groups in total. The van der Waals surface area contributed by atoms with Crippen LogP contribution in [0.3, 0.4) is 0 Å². The summed E-state index contributed by atoms with van der Waals surface area (Å²) in [5.41, 5.74) is -1.17. The van der Waals surface area contributed by atoms with E-state index in [2.05, 4.69) is 9.97 Å². The highest BCUT2D eigenvalue weighted by Gasteiger charge is 2.35. The van der Waals surface area contributed by atoms with Crippen molar-refractivity contribution in [1.29, 1.82) is 0 Å². The molecule has 7 heteroatoms. The number of aromatic nitrogens is 3. The molecule has 0 aliphatic heterocycles. The van der Waals surface area contributed by atoms with Crippen LogP contribution in [0.5, 0.6) is 0 Å². The molecule has 3 aromatic rings. The molecule has 25 heavy (non-hydrogen) atoms. The van der Waals surface area contributed by atoms with Gasteiger partial charge in [0.05, 0.1) is 16.6 Å². The number of halogens is 3. The molecule has 0 saturated carbocycles. The fourth-order valence-corrected chi connectivity index (χ4v) is 2.66. The van der Waals surface area contributed by atoms with Gasteiger partial charge < -0.3 is 4.57 Å². The van der Waals surface area contributed by atoms with E-state index in [4.69, 9.17) is 0 Å². The maximum absolute atomic E-state index is 13.6. The quantitative estimate of drug-likeness (QED) is 0.708. The lowest BCUT2D eigenvalue weighted by molar-refractivity contribution is -0.136. The van der Waals surface area contributed by atoms with Gasteiger partial charge in [-0.2, -0.15) is 18.2 Å². The smallest absolute Gasteiger partial charge is 0.316 e. The van der Waals surface area contributed by atoms with E-state index in [9.17, 15) is 18.0 Å². The topological polar surface area (TPSA) is 47.8 Å². The van der Waals surface area contributed by atoms with E-state index in [0.717, 1.165) is 18.9 Å². The number of fused-ring (bicyclic) bond motifs is 1. The van der Waals surface area contributed by atoms with Crippen LogP contribution in [-0.4, -0.2) is 14.5 Å². The fourth-order valence-electron chi connectivity index (χ4n) is 2.66. The number of hydrogen-bond acceptors (Lipinski definition) is 3. The maximum Gasteiger partial charge on any atom is 0.417 e. The summed E-state index contributed by atoms with van der Waals surface area (Å²) in [7, 11) is 0. The first kappa shape index (κ1) is 17.1. The molecular weight excluding hydrogens is 331 g/mol. The summed E-state index contributed by atoms with van der Waals surface area (Å²) < 4.78 is 42.2. The summed E-state index contributed by atoms with van der Waals surface area (Å²) >= 11 is 0. The van der Waals surface area contributed by atoms with Crippen molar-refractivity contribution in [1.82, 2.24) is 14.5 Å². The fraction of sp³-hybridized carbons (Fsp3) is 0.278. The van der Waals surface area contributed by atoms with Crippen LogP contribution in [0.25, 0.3) is 22.3 Å². The van der Waals surface area contributed by atoms with Gasteiger partial charge in [-0.1, -0.05) is 43.7 Å². The monoisotopic (exact) mass is 347 g/mol. The van der Waals surface area contributed by atoms with Gasteiger partial charge in [0.2, 0.25) is 0 Å². The van der Waals surface area contributed by atoms with E-state index in [0.29, 0.717) is 12.1 Å². The lowest BCUT2D eigenvalue weighted by Crippen LogP contribution is -2.19. The van der Waals surface area contributed by atoms with Gasteiger partial charge in [0, 0.05) is 12.1 Å². The van der Waals surface area contributed by atoms with Gasteiger partial charge >= 0.3 is 6.18 Å². The Morgan fingerprint density at radius 2 is 1.88 bits per heavy atom. The van der Waals surface area contributed by atoms with Crippen LogP contribution < -0.4 is 5.56 Å². The Morgan fingerprint density at radius 1 is 1.16 bits per heavy atom. The third-order valence-corrected chi connectivity index (χ3v) is 3.93. The molecule has 0 fully saturated rings. The Morgan fingerprint density at radius 3 is 2.52 bits per heavy atom. The number of unbranched alkanes of at least 4 members (excludes halogenated alkanes) is 1. The summed E-state index contributed by atoms with van der Waals surface area (Å²) in [5, 5.41) is -0.481. The van der Waals surface area contributed by atoms with Crippen molar-refractivity contribution in [2.45, 2.75) is 32.5 Å². The van der Waals surface area contributed by atoms with Gasteiger partial charge in [0.1, 0.15) is 12.0 Å². The molecule has 1 aromatic carbocycles. The Balaban J connectivity index is 2.36. The number of rotatable bonds is 4. The van der Waals surface area contributed by atoms with Crippen LogP contribution in [0.1, 0.15) is 25.3 Å². The van der Waals surface area contributed by atoms with Crippen molar-refractivity contribution < 1.29 is 13.2 Å². The molecule has 4 nitrogen and oxygen atoms in total. The second kappa shape index (κ2) is 6.66. The Labute approximate surface area is 142 Å². The Kier molecular flexibility index (Phi) is 4.57. The maximum atomic E-state index is 13.6. The lowest BCUT2D eigenvalue weighted by atomic mass is 10.1. The van der Waals surface area contributed by atoms with Crippen molar-refractivity contribution in [3.63, 3.8) is 0 Å². The van der Waals surface area contributed by atoms with Crippen molar-refractivity contribution in [2.24, 2.45) is 0 Å². The molecule has 130 valence electrons. The molecule has 0 atom stereocenters. The summed E-state index contributed by atoms with van der Waals surface area (Å²) in [6, 6.07) is 9.52. The predicted octanol–water partition coefficient (Wildman–Crippen LogP) is 4.28. The number of hydrogen-bond donors (Lipinski definition) is 0. The van der Waals surface area contributed by atoms with E-state index in [-0.39, 0.29) is 11.3 Å². The predicted molar refractivity (Wildman–Crippen MR) is 89.1 cm³/mol. The number of alkyl halides is 3. The standard InChI is InChI=1S/C18H16F3N3O/c1-2-3-9-24-11-22-17(25)15-13(18(19,20)21)10-14(23-16(15)24)12-7-5-4-6-8-12/h4-8,10-11H,2-3,9H2,1H3.